The van der Waals surface area contributed by atoms with E-state index in [0.29, 0.717) is 6.42 Å². The van der Waals surface area contributed by atoms with Crippen LogP contribution in [0.25, 0.3) is 0 Å². The SMILES string of the molecule is CC.CC.CC[N+](C)(CC)CCCC(C)NC(=O)C(C)(N)CC(C)(C)C. The van der Waals surface area contributed by atoms with Crippen LogP contribution >= 0.6 is 0 Å². The van der Waals surface area contributed by atoms with Gasteiger partial charge in [-0.1, -0.05) is 48.5 Å². The van der Waals surface area contributed by atoms with Crippen LogP contribution in [-0.2, 0) is 4.79 Å². The molecule has 0 spiro atoms. The Kier molecular flexibility index (Phi) is 16.7. The summed E-state index contributed by atoms with van der Waals surface area (Å²) in [6.45, 7) is 26.2. The van der Waals surface area contributed by atoms with Gasteiger partial charge in [-0.3, -0.25) is 4.79 Å². The van der Waals surface area contributed by atoms with Gasteiger partial charge in [0.25, 0.3) is 0 Å². The van der Waals surface area contributed by atoms with Gasteiger partial charge in [0.2, 0.25) is 5.91 Å². The zero-order valence-electron chi connectivity index (χ0n) is 20.3. The molecule has 1 amide bonds. The molecule has 0 aliphatic heterocycles. The van der Waals surface area contributed by atoms with E-state index in [1.807, 2.05) is 34.6 Å². The van der Waals surface area contributed by atoms with Gasteiger partial charge in [-0.15, -0.1) is 0 Å². The molecule has 0 aliphatic rings. The predicted molar refractivity (Wildman–Crippen MR) is 118 cm³/mol. The van der Waals surface area contributed by atoms with Gasteiger partial charge in [0.15, 0.2) is 0 Å². The number of nitrogens with one attached hydrogen (secondary N) is 1. The summed E-state index contributed by atoms with van der Waals surface area (Å²) in [5, 5.41) is 3.09. The lowest BCUT2D eigenvalue weighted by Crippen LogP contribution is -2.55. The number of hydrogen-bond donors (Lipinski definition) is 2. The first-order valence-corrected chi connectivity index (χ1v) is 10.8. The molecule has 2 atom stereocenters. The molecular formula is C22H52N3O+. The van der Waals surface area contributed by atoms with Gasteiger partial charge < -0.3 is 15.5 Å². The van der Waals surface area contributed by atoms with Crippen LogP contribution in [0.3, 0.4) is 0 Å². The van der Waals surface area contributed by atoms with Crippen LogP contribution < -0.4 is 11.1 Å². The molecular weight excluding hydrogens is 322 g/mol. The summed E-state index contributed by atoms with van der Waals surface area (Å²) in [5.41, 5.74) is 5.47. The highest BCUT2D eigenvalue weighted by atomic mass is 16.2. The molecule has 0 aromatic rings. The average molecular weight is 375 g/mol. The van der Waals surface area contributed by atoms with E-state index >= 15 is 0 Å². The first-order valence-electron chi connectivity index (χ1n) is 10.8. The molecule has 0 radical (unpaired) electrons. The molecule has 3 N–H and O–H groups in total. The van der Waals surface area contributed by atoms with Crippen LogP contribution in [0.15, 0.2) is 0 Å². The maximum atomic E-state index is 12.4. The van der Waals surface area contributed by atoms with Crippen LogP contribution in [0.4, 0.5) is 0 Å². The quantitative estimate of drug-likeness (QED) is 0.560. The minimum absolute atomic E-state index is 0.0295. The standard InChI is InChI=1S/C18H39N3O.2C2H6/c1-9-21(8,10-2)13-11-12-15(3)20-16(22)18(7,19)14-17(4,5)6;2*1-2/h15H,9-14,19H2,1-8H3;2*1-2H3/p+1. The number of nitrogens with zero attached hydrogens (tertiary/aromatic N) is 1. The van der Waals surface area contributed by atoms with Crippen molar-refractivity contribution in [1.29, 1.82) is 0 Å². The number of hydrogen-bond acceptors (Lipinski definition) is 2. The van der Waals surface area contributed by atoms with Crippen molar-refractivity contribution in [3.8, 4) is 0 Å². The van der Waals surface area contributed by atoms with Crippen LogP contribution in [0.2, 0.25) is 0 Å². The average Bonchev–Trinajstić information content (AvgIpc) is 2.56. The highest BCUT2D eigenvalue weighted by Crippen LogP contribution is 2.25. The Bertz CT molecular complexity index is 342. The number of quaternary nitrogens is 1. The van der Waals surface area contributed by atoms with E-state index in [1.165, 1.54) is 0 Å². The van der Waals surface area contributed by atoms with Crippen molar-refractivity contribution in [1.82, 2.24) is 5.32 Å². The maximum absolute atomic E-state index is 12.4. The molecule has 0 heterocycles. The van der Waals surface area contributed by atoms with E-state index in [2.05, 4.69) is 53.9 Å². The second kappa shape index (κ2) is 14.4. The Morgan fingerprint density at radius 3 is 1.81 bits per heavy atom. The molecule has 0 fully saturated rings. The van der Waals surface area contributed by atoms with Gasteiger partial charge in [0.05, 0.1) is 32.2 Å². The Morgan fingerprint density at radius 1 is 1.04 bits per heavy atom. The summed E-state index contributed by atoms with van der Waals surface area (Å²) in [4.78, 5) is 12.4. The first kappa shape index (κ1) is 30.1. The first-order chi connectivity index (χ1) is 11.9. The normalized spacial score (nSPS) is 14.8. The third-order valence-corrected chi connectivity index (χ3v) is 4.66. The molecule has 0 saturated heterocycles. The van der Waals surface area contributed by atoms with Gasteiger partial charge in [-0.05, 0) is 52.4 Å². The highest BCUT2D eigenvalue weighted by molar-refractivity contribution is 5.85. The van der Waals surface area contributed by atoms with Crippen molar-refractivity contribution < 1.29 is 9.28 Å². The molecule has 0 saturated carbocycles. The number of amides is 1. The molecule has 0 aliphatic carbocycles. The van der Waals surface area contributed by atoms with Gasteiger partial charge in [-0.2, -0.15) is 0 Å². The zero-order chi connectivity index (χ0) is 21.6. The van der Waals surface area contributed by atoms with E-state index in [4.69, 9.17) is 5.73 Å². The topological polar surface area (TPSA) is 55.1 Å². The lowest BCUT2D eigenvalue weighted by Gasteiger charge is -2.33. The van der Waals surface area contributed by atoms with E-state index < -0.39 is 5.54 Å². The van der Waals surface area contributed by atoms with E-state index in [-0.39, 0.29) is 17.4 Å². The Morgan fingerprint density at radius 2 is 1.46 bits per heavy atom. The molecule has 160 valence electrons. The smallest absolute Gasteiger partial charge is 0.240 e. The Labute approximate surface area is 165 Å². The van der Waals surface area contributed by atoms with Crippen LogP contribution in [0.1, 0.15) is 95.4 Å². The number of carbonyl (C=O) groups is 1. The number of carbonyl (C=O) groups excluding carboxylic acids is 1. The molecule has 4 nitrogen and oxygen atoms in total. The predicted octanol–water partition coefficient (Wildman–Crippen LogP) is 4.96. The second-order valence-corrected chi connectivity index (χ2v) is 8.65. The van der Waals surface area contributed by atoms with Gasteiger partial charge >= 0.3 is 0 Å². The van der Waals surface area contributed by atoms with Gasteiger partial charge in [-0.25, -0.2) is 0 Å². The second-order valence-electron chi connectivity index (χ2n) is 8.65. The van der Waals surface area contributed by atoms with E-state index in [1.54, 1.807) is 0 Å². The fourth-order valence-electron chi connectivity index (χ4n) is 2.96. The fraction of sp³-hybridized carbons (Fsp3) is 0.955. The van der Waals surface area contributed by atoms with Crippen LogP contribution in [-0.4, -0.2) is 48.7 Å². The third kappa shape index (κ3) is 14.5. The van der Waals surface area contributed by atoms with Crippen molar-refractivity contribution in [2.24, 2.45) is 11.1 Å². The Hall–Kier alpha value is -0.610. The highest BCUT2D eigenvalue weighted by Gasteiger charge is 2.33. The zero-order valence-corrected chi connectivity index (χ0v) is 20.3. The van der Waals surface area contributed by atoms with Crippen molar-refractivity contribution in [3.63, 3.8) is 0 Å². The number of nitrogens with two attached hydrogens (primary N) is 1. The summed E-state index contributed by atoms with van der Waals surface area (Å²) in [7, 11) is 2.30. The summed E-state index contributed by atoms with van der Waals surface area (Å²) >= 11 is 0. The summed E-state index contributed by atoms with van der Waals surface area (Å²) in [6.07, 6.45) is 2.81. The van der Waals surface area contributed by atoms with E-state index in [0.717, 1.165) is 37.0 Å². The maximum Gasteiger partial charge on any atom is 0.240 e. The summed E-state index contributed by atoms with van der Waals surface area (Å²) < 4.78 is 1.10. The molecule has 2 unspecified atom stereocenters. The monoisotopic (exact) mass is 374 g/mol. The van der Waals surface area contributed by atoms with Crippen molar-refractivity contribution >= 4 is 5.91 Å². The Balaban J connectivity index is -0.00000123. The third-order valence-electron chi connectivity index (χ3n) is 4.66. The molecule has 4 heteroatoms. The largest absolute Gasteiger partial charge is 0.352 e. The van der Waals surface area contributed by atoms with Crippen LogP contribution in [0, 0.1) is 5.41 Å². The van der Waals surface area contributed by atoms with Gasteiger partial charge in [0, 0.05) is 6.04 Å². The molecule has 0 bridgehead atoms. The minimum Gasteiger partial charge on any atom is -0.352 e. The molecule has 0 rings (SSSR count). The number of rotatable bonds is 9. The lowest BCUT2D eigenvalue weighted by molar-refractivity contribution is -0.906. The van der Waals surface area contributed by atoms with E-state index in [9.17, 15) is 4.79 Å². The van der Waals surface area contributed by atoms with Crippen molar-refractivity contribution in [2.45, 2.75) is 107 Å². The minimum atomic E-state index is -0.802. The fourth-order valence-corrected chi connectivity index (χ4v) is 2.96. The van der Waals surface area contributed by atoms with Crippen molar-refractivity contribution in [2.75, 3.05) is 26.7 Å². The summed E-state index contributed by atoms with van der Waals surface area (Å²) in [5.74, 6) is -0.0295. The summed E-state index contributed by atoms with van der Waals surface area (Å²) in [6, 6.07) is 0.178. The van der Waals surface area contributed by atoms with Crippen molar-refractivity contribution in [3.05, 3.63) is 0 Å². The van der Waals surface area contributed by atoms with Crippen LogP contribution in [0.5, 0.6) is 0 Å². The molecule has 0 aromatic carbocycles. The molecule has 26 heavy (non-hydrogen) atoms. The molecule has 0 aromatic heterocycles. The lowest BCUT2D eigenvalue weighted by atomic mass is 9.80. The van der Waals surface area contributed by atoms with Gasteiger partial charge in [0.1, 0.15) is 0 Å².